The minimum absolute atomic E-state index is 0.0930. The van der Waals surface area contributed by atoms with Crippen molar-refractivity contribution in [2.24, 2.45) is 0 Å². The first-order valence-electron chi connectivity index (χ1n) is 6.96. The van der Waals surface area contributed by atoms with Crippen LogP contribution in [0.3, 0.4) is 0 Å². The van der Waals surface area contributed by atoms with E-state index in [2.05, 4.69) is 25.8 Å². The Morgan fingerprint density at radius 3 is 2.58 bits per heavy atom. The Hall–Kier alpha value is -1.35. The molecule has 0 heterocycles. The first kappa shape index (κ1) is 15.7. The van der Waals surface area contributed by atoms with Crippen LogP contribution in [0.15, 0.2) is 18.2 Å². The molecule has 1 aromatic rings. The lowest BCUT2D eigenvalue weighted by molar-refractivity contribution is 0.101. The predicted octanol–water partition coefficient (Wildman–Crippen LogP) is 3.52. The normalized spacial score (nSPS) is 12.5. The molecule has 0 N–H and O–H groups in total. The molecular weight excluding hydrogens is 238 g/mol. The van der Waals surface area contributed by atoms with E-state index in [1.54, 1.807) is 6.92 Å². The van der Waals surface area contributed by atoms with Gasteiger partial charge >= 0.3 is 0 Å². The number of carbonyl (C=O) groups is 1. The number of rotatable bonds is 7. The van der Waals surface area contributed by atoms with Crippen molar-refractivity contribution in [1.82, 2.24) is 4.90 Å². The van der Waals surface area contributed by atoms with E-state index in [9.17, 15) is 4.79 Å². The Bertz CT molecular complexity index is 429. The maximum Gasteiger partial charge on any atom is 0.159 e. The summed E-state index contributed by atoms with van der Waals surface area (Å²) in [7, 11) is 2.10. The summed E-state index contributed by atoms with van der Waals surface area (Å²) >= 11 is 0. The second-order valence-corrected chi connectivity index (χ2v) is 4.98. The highest BCUT2D eigenvalue weighted by Gasteiger charge is 2.12. The maximum absolute atomic E-state index is 11.5. The van der Waals surface area contributed by atoms with Gasteiger partial charge in [-0.2, -0.15) is 0 Å². The van der Waals surface area contributed by atoms with E-state index in [0.29, 0.717) is 12.6 Å². The number of ether oxygens (including phenoxy) is 1. The molecular formula is C16H25NO2. The van der Waals surface area contributed by atoms with Gasteiger partial charge in [-0.25, -0.2) is 0 Å². The zero-order valence-corrected chi connectivity index (χ0v) is 12.7. The minimum atomic E-state index is 0.0930. The van der Waals surface area contributed by atoms with Gasteiger partial charge in [0.1, 0.15) is 5.75 Å². The van der Waals surface area contributed by atoms with E-state index in [1.165, 1.54) is 0 Å². The third kappa shape index (κ3) is 4.35. The van der Waals surface area contributed by atoms with Crippen LogP contribution >= 0.6 is 0 Å². The van der Waals surface area contributed by atoms with Gasteiger partial charge in [0.25, 0.3) is 0 Å². The van der Waals surface area contributed by atoms with Crippen LogP contribution in [-0.2, 0) is 6.54 Å². The molecule has 0 saturated carbocycles. The lowest BCUT2D eigenvalue weighted by Crippen LogP contribution is -2.28. The van der Waals surface area contributed by atoms with Crippen molar-refractivity contribution in [3.8, 4) is 5.75 Å². The molecule has 3 nitrogen and oxygen atoms in total. The Labute approximate surface area is 116 Å². The smallest absolute Gasteiger partial charge is 0.159 e. The molecule has 0 amide bonds. The zero-order chi connectivity index (χ0) is 14.4. The summed E-state index contributed by atoms with van der Waals surface area (Å²) in [5.41, 5.74) is 1.83. The SMILES string of the molecule is CCOc1ccc(C(C)=O)cc1CN(C)C(C)CC. The highest BCUT2D eigenvalue weighted by Crippen LogP contribution is 2.23. The van der Waals surface area contributed by atoms with Crippen molar-refractivity contribution in [2.45, 2.75) is 46.7 Å². The molecule has 0 saturated heterocycles. The van der Waals surface area contributed by atoms with Gasteiger partial charge in [0.15, 0.2) is 5.78 Å². The number of ketones is 1. The fourth-order valence-corrected chi connectivity index (χ4v) is 1.95. The highest BCUT2D eigenvalue weighted by atomic mass is 16.5. The maximum atomic E-state index is 11.5. The van der Waals surface area contributed by atoms with Crippen LogP contribution < -0.4 is 4.74 Å². The van der Waals surface area contributed by atoms with Crippen LogP contribution in [-0.4, -0.2) is 30.4 Å². The molecule has 106 valence electrons. The van der Waals surface area contributed by atoms with Crippen molar-refractivity contribution in [3.05, 3.63) is 29.3 Å². The Morgan fingerprint density at radius 2 is 2.05 bits per heavy atom. The van der Waals surface area contributed by atoms with Crippen molar-refractivity contribution in [1.29, 1.82) is 0 Å². The van der Waals surface area contributed by atoms with Gasteiger partial charge in [0, 0.05) is 23.7 Å². The van der Waals surface area contributed by atoms with Gasteiger partial charge in [-0.3, -0.25) is 9.69 Å². The molecule has 1 atom stereocenters. The van der Waals surface area contributed by atoms with Gasteiger partial charge in [-0.05, 0) is 52.4 Å². The molecule has 0 radical (unpaired) electrons. The quantitative estimate of drug-likeness (QED) is 0.705. The number of hydrogen-bond acceptors (Lipinski definition) is 3. The summed E-state index contributed by atoms with van der Waals surface area (Å²) < 4.78 is 5.65. The molecule has 1 rings (SSSR count). The van der Waals surface area contributed by atoms with E-state index in [-0.39, 0.29) is 5.78 Å². The number of hydrogen-bond donors (Lipinski definition) is 0. The first-order valence-corrected chi connectivity index (χ1v) is 6.96. The van der Waals surface area contributed by atoms with Gasteiger partial charge < -0.3 is 4.74 Å². The third-order valence-electron chi connectivity index (χ3n) is 3.53. The van der Waals surface area contributed by atoms with Gasteiger partial charge in [-0.1, -0.05) is 6.92 Å². The lowest BCUT2D eigenvalue weighted by atomic mass is 10.1. The van der Waals surface area contributed by atoms with Gasteiger partial charge in [0.2, 0.25) is 0 Å². The predicted molar refractivity (Wildman–Crippen MR) is 78.8 cm³/mol. The van der Waals surface area contributed by atoms with E-state index in [4.69, 9.17) is 4.74 Å². The van der Waals surface area contributed by atoms with E-state index < -0.39 is 0 Å². The molecule has 1 aromatic carbocycles. The second-order valence-electron chi connectivity index (χ2n) is 4.98. The van der Waals surface area contributed by atoms with E-state index >= 15 is 0 Å². The minimum Gasteiger partial charge on any atom is -0.494 e. The topological polar surface area (TPSA) is 29.5 Å². The molecule has 0 aromatic heterocycles. The molecule has 0 aliphatic heterocycles. The molecule has 19 heavy (non-hydrogen) atoms. The summed E-state index contributed by atoms with van der Waals surface area (Å²) in [6.45, 7) is 9.38. The third-order valence-corrected chi connectivity index (χ3v) is 3.53. The second kappa shape index (κ2) is 7.29. The van der Waals surface area contributed by atoms with Crippen molar-refractivity contribution in [3.63, 3.8) is 0 Å². The number of nitrogens with zero attached hydrogens (tertiary/aromatic N) is 1. The van der Waals surface area contributed by atoms with Crippen LogP contribution in [0.5, 0.6) is 5.75 Å². The summed E-state index contributed by atoms with van der Waals surface area (Å²) in [5.74, 6) is 0.971. The molecule has 0 fully saturated rings. The Morgan fingerprint density at radius 1 is 1.37 bits per heavy atom. The van der Waals surface area contributed by atoms with Crippen LogP contribution in [0, 0.1) is 0 Å². The summed E-state index contributed by atoms with van der Waals surface area (Å²) in [5, 5.41) is 0. The number of Topliss-reactive ketones (excluding diaryl/α,β-unsaturated/α-hetero) is 1. The molecule has 3 heteroatoms. The van der Waals surface area contributed by atoms with Crippen molar-refractivity contribution >= 4 is 5.78 Å². The fraction of sp³-hybridized carbons (Fsp3) is 0.562. The van der Waals surface area contributed by atoms with Crippen LogP contribution in [0.1, 0.15) is 50.0 Å². The largest absolute Gasteiger partial charge is 0.494 e. The highest BCUT2D eigenvalue weighted by molar-refractivity contribution is 5.94. The molecule has 0 spiro atoms. The van der Waals surface area contributed by atoms with E-state index in [0.717, 1.165) is 29.8 Å². The molecule has 0 aliphatic carbocycles. The van der Waals surface area contributed by atoms with Crippen LogP contribution in [0.4, 0.5) is 0 Å². The number of carbonyl (C=O) groups excluding carboxylic acids is 1. The lowest BCUT2D eigenvalue weighted by Gasteiger charge is -2.24. The Balaban J connectivity index is 2.99. The Kier molecular flexibility index (Phi) is 6.03. The average molecular weight is 263 g/mol. The zero-order valence-electron chi connectivity index (χ0n) is 12.7. The number of benzene rings is 1. The molecule has 1 unspecified atom stereocenters. The summed E-state index contributed by atoms with van der Waals surface area (Å²) in [6.07, 6.45) is 1.10. The standard InChI is InChI=1S/C16H25NO2/c1-6-12(3)17(5)11-15-10-14(13(4)18)8-9-16(15)19-7-2/h8-10,12H,6-7,11H2,1-5H3. The monoisotopic (exact) mass is 263 g/mol. The summed E-state index contributed by atoms with van der Waals surface area (Å²) in [6, 6.07) is 6.20. The van der Waals surface area contributed by atoms with E-state index in [1.807, 2.05) is 25.1 Å². The molecule has 0 bridgehead atoms. The average Bonchev–Trinajstić information content (AvgIpc) is 2.39. The van der Waals surface area contributed by atoms with Crippen LogP contribution in [0.2, 0.25) is 0 Å². The van der Waals surface area contributed by atoms with Gasteiger partial charge in [-0.15, -0.1) is 0 Å². The van der Waals surface area contributed by atoms with Crippen LogP contribution in [0.25, 0.3) is 0 Å². The van der Waals surface area contributed by atoms with Gasteiger partial charge in [0.05, 0.1) is 6.61 Å². The first-order chi connectivity index (χ1) is 8.99. The van der Waals surface area contributed by atoms with Crippen molar-refractivity contribution < 1.29 is 9.53 Å². The van der Waals surface area contributed by atoms with Crippen molar-refractivity contribution in [2.75, 3.05) is 13.7 Å². The fourth-order valence-electron chi connectivity index (χ4n) is 1.95. The summed E-state index contributed by atoms with van der Waals surface area (Å²) in [4.78, 5) is 13.8. The molecule has 0 aliphatic rings.